The van der Waals surface area contributed by atoms with Crippen LogP contribution in [-0.4, -0.2) is 60.8 Å². The zero-order valence-corrected chi connectivity index (χ0v) is 12.4. The van der Waals surface area contributed by atoms with Crippen molar-refractivity contribution in [3.8, 4) is 0 Å². The molecule has 1 amide bonds. The number of carboxylic acid groups (broad SMARTS) is 1. The molecule has 2 atom stereocenters. The van der Waals surface area contributed by atoms with Gasteiger partial charge in [-0.05, 0) is 19.4 Å². The number of carbonyl (C=O) groups is 2. The van der Waals surface area contributed by atoms with Crippen LogP contribution < -0.4 is 5.32 Å². The van der Waals surface area contributed by atoms with Crippen molar-refractivity contribution in [3.05, 3.63) is 0 Å². The van der Waals surface area contributed by atoms with Crippen molar-refractivity contribution in [2.75, 3.05) is 32.8 Å². The van der Waals surface area contributed by atoms with Crippen LogP contribution in [0.4, 0.5) is 0 Å². The molecular weight excluding hydrogens is 260 g/mol. The summed E-state index contributed by atoms with van der Waals surface area (Å²) in [6.07, 6.45) is 2.88. The lowest BCUT2D eigenvalue weighted by Gasteiger charge is -2.29. The second-order valence-electron chi connectivity index (χ2n) is 5.22. The Kier molecular flexibility index (Phi) is 7.54. The van der Waals surface area contributed by atoms with E-state index in [1.165, 1.54) is 0 Å². The highest BCUT2D eigenvalue weighted by Gasteiger charge is 2.38. The van der Waals surface area contributed by atoms with Gasteiger partial charge < -0.3 is 15.2 Å². The fourth-order valence-electron chi connectivity index (χ4n) is 2.43. The van der Waals surface area contributed by atoms with E-state index in [2.05, 4.69) is 12.2 Å². The molecule has 2 unspecified atom stereocenters. The number of nitrogens with one attached hydrogen (secondary N) is 1. The van der Waals surface area contributed by atoms with Crippen LogP contribution in [0.3, 0.4) is 0 Å². The van der Waals surface area contributed by atoms with Gasteiger partial charge in [-0.1, -0.05) is 20.3 Å². The molecule has 0 spiro atoms. The molecule has 1 saturated heterocycles. The van der Waals surface area contributed by atoms with Gasteiger partial charge in [-0.2, -0.15) is 0 Å². The number of ether oxygens (including phenoxy) is 1. The third-order valence-electron chi connectivity index (χ3n) is 3.55. The summed E-state index contributed by atoms with van der Waals surface area (Å²) in [4.78, 5) is 25.0. The van der Waals surface area contributed by atoms with Gasteiger partial charge in [0.05, 0.1) is 25.7 Å². The van der Waals surface area contributed by atoms with E-state index in [0.717, 1.165) is 19.3 Å². The summed E-state index contributed by atoms with van der Waals surface area (Å²) in [5.41, 5.74) is 0. The zero-order valence-electron chi connectivity index (χ0n) is 12.4. The van der Waals surface area contributed by atoms with Crippen LogP contribution in [0.2, 0.25) is 0 Å². The Labute approximate surface area is 120 Å². The number of hydrogen-bond acceptors (Lipinski definition) is 4. The zero-order chi connectivity index (χ0) is 15.0. The van der Waals surface area contributed by atoms with Crippen molar-refractivity contribution in [1.82, 2.24) is 10.2 Å². The average Bonchev–Trinajstić information content (AvgIpc) is 2.88. The highest BCUT2D eigenvalue weighted by molar-refractivity contribution is 5.78. The second kappa shape index (κ2) is 8.92. The maximum atomic E-state index is 11.9. The molecule has 6 nitrogen and oxygen atoms in total. The first kappa shape index (κ1) is 16.9. The Hall–Kier alpha value is -1.14. The van der Waals surface area contributed by atoms with Crippen molar-refractivity contribution < 1.29 is 19.4 Å². The lowest BCUT2D eigenvalue weighted by Crippen LogP contribution is -2.48. The average molecular weight is 286 g/mol. The van der Waals surface area contributed by atoms with Gasteiger partial charge in [-0.3, -0.25) is 14.5 Å². The molecule has 0 aromatic carbocycles. The minimum atomic E-state index is -0.847. The number of carboxylic acids is 1. The lowest BCUT2D eigenvalue weighted by atomic mass is 10.0. The van der Waals surface area contributed by atoms with E-state index in [1.807, 2.05) is 11.8 Å². The summed E-state index contributed by atoms with van der Waals surface area (Å²) in [6.45, 7) is 6.35. The molecule has 0 aromatic rings. The number of hydrogen-bond donors (Lipinski definition) is 2. The molecule has 116 valence electrons. The molecular formula is C14H26N2O4. The number of aliphatic carboxylic acids is 1. The number of nitrogens with zero attached hydrogens (tertiary/aromatic N) is 1. The van der Waals surface area contributed by atoms with E-state index in [0.29, 0.717) is 19.7 Å². The Morgan fingerprint density at radius 2 is 2.05 bits per heavy atom. The smallest absolute Gasteiger partial charge is 0.310 e. The predicted molar refractivity (Wildman–Crippen MR) is 75.5 cm³/mol. The molecule has 0 radical (unpaired) electrons. The summed E-state index contributed by atoms with van der Waals surface area (Å²) >= 11 is 0. The molecule has 6 heteroatoms. The Morgan fingerprint density at radius 3 is 2.65 bits per heavy atom. The summed E-state index contributed by atoms with van der Waals surface area (Å²) in [7, 11) is 0. The van der Waals surface area contributed by atoms with E-state index < -0.39 is 11.9 Å². The lowest BCUT2D eigenvalue weighted by molar-refractivity contribution is -0.143. The van der Waals surface area contributed by atoms with Gasteiger partial charge in [-0.25, -0.2) is 0 Å². The Bertz CT molecular complexity index is 322. The van der Waals surface area contributed by atoms with Gasteiger partial charge >= 0.3 is 5.97 Å². The first-order chi connectivity index (χ1) is 9.60. The van der Waals surface area contributed by atoms with Gasteiger partial charge in [0, 0.05) is 12.6 Å². The van der Waals surface area contributed by atoms with Gasteiger partial charge in [0.25, 0.3) is 0 Å². The predicted octanol–water partition coefficient (Wildman–Crippen LogP) is 0.714. The normalized spacial score (nSPS) is 22.1. The van der Waals surface area contributed by atoms with Crippen LogP contribution in [-0.2, 0) is 14.3 Å². The third-order valence-corrected chi connectivity index (χ3v) is 3.55. The van der Waals surface area contributed by atoms with Crippen molar-refractivity contribution in [2.45, 2.75) is 39.2 Å². The largest absolute Gasteiger partial charge is 0.481 e. The van der Waals surface area contributed by atoms with Crippen LogP contribution in [0.25, 0.3) is 0 Å². The fraction of sp³-hybridized carbons (Fsp3) is 0.857. The summed E-state index contributed by atoms with van der Waals surface area (Å²) in [5, 5.41) is 12.1. The molecule has 0 aromatic heterocycles. The van der Waals surface area contributed by atoms with Gasteiger partial charge in [0.2, 0.25) is 5.91 Å². The molecule has 1 rings (SSSR count). The molecule has 1 heterocycles. The van der Waals surface area contributed by atoms with Crippen LogP contribution >= 0.6 is 0 Å². The van der Waals surface area contributed by atoms with Gasteiger partial charge in [0.1, 0.15) is 0 Å². The quantitative estimate of drug-likeness (QED) is 0.610. The van der Waals surface area contributed by atoms with Crippen LogP contribution in [0, 0.1) is 5.92 Å². The Morgan fingerprint density at radius 1 is 1.30 bits per heavy atom. The molecule has 2 N–H and O–H groups in total. The highest BCUT2D eigenvalue weighted by atomic mass is 16.5. The third kappa shape index (κ3) is 5.09. The van der Waals surface area contributed by atoms with Crippen molar-refractivity contribution in [1.29, 1.82) is 0 Å². The Balaban J connectivity index is 2.54. The van der Waals surface area contributed by atoms with Crippen molar-refractivity contribution in [2.24, 2.45) is 5.92 Å². The first-order valence-corrected chi connectivity index (χ1v) is 7.41. The SMILES string of the molecule is CCCCNC(=O)CN(CCC)C1COCC1C(=O)O. The molecule has 20 heavy (non-hydrogen) atoms. The number of carbonyl (C=O) groups excluding carboxylic acids is 1. The molecule has 0 saturated carbocycles. The second-order valence-corrected chi connectivity index (χ2v) is 5.22. The van der Waals surface area contributed by atoms with Crippen molar-refractivity contribution in [3.63, 3.8) is 0 Å². The molecule has 1 fully saturated rings. The summed E-state index contributed by atoms with van der Waals surface area (Å²) < 4.78 is 5.28. The van der Waals surface area contributed by atoms with Crippen LogP contribution in [0.5, 0.6) is 0 Å². The number of rotatable bonds is 9. The minimum Gasteiger partial charge on any atom is -0.481 e. The van der Waals surface area contributed by atoms with Gasteiger partial charge in [0.15, 0.2) is 0 Å². The summed E-state index contributed by atoms with van der Waals surface area (Å²) in [6, 6.07) is -0.204. The topological polar surface area (TPSA) is 78.9 Å². The summed E-state index contributed by atoms with van der Waals surface area (Å²) in [5.74, 6) is -1.42. The number of unbranched alkanes of at least 4 members (excludes halogenated alkanes) is 1. The van der Waals surface area contributed by atoms with E-state index in [9.17, 15) is 14.7 Å². The maximum absolute atomic E-state index is 11.9. The fourth-order valence-corrected chi connectivity index (χ4v) is 2.43. The molecule has 0 bridgehead atoms. The first-order valence-electron chi connectivity index (χ1n) is 7.41. The van der Waals surface area contributed by atoms with E-state index in [4.69, 9.17) is 4.74 Å². The van der Waals surface area contributed by atoms with Crippen LogP contribution in [0.15, 0.2) is 0 Å². The van der Waals surface area contributed by atoms with Crippen LogP contribution in [0.1, 0.15) is 33.1 Å². The standard InChI is InChI=1S/C14H26N2O4/c1-3-5-6-15-13(17)8-16(7-4-2)12-10-20-9-11(12)14(18)19/h11-12H,3-10H2,1-2H3,(H,15,17)(H,18,19). The van der Waals surface area contributed by atoms with E-state index in [1.54, 1.807) is 0 Å². The number of amides is 1. The molecule has 0 aliphatic carbocycles. The van der Waals surface area contributed by atoms with E-state index >= 15 is 0 Å². The van der Waals surface area contributed by atoms with Gasteiger partial charge in [-0.15, -0.1) is 0 Å². The molecule has 1 aliphatic rings. The monoisotopic (exact) mass is 286 g/mol. The molecule has 1 aliphatic heterocycles. The minimum absolute atomic E-state index is 0.0389. The van der Waals surface area contributed by atoms with Crippen molar-refractivity contribution >= 4 is 11.9 Å². The highest BCUT2D eigenvalue weighted by Crippen LogP contribution is 2.20. The van der Waals surface area contributed by atoms with E-state index in [-0.39, 0.29) is 25.1 Å². The maximum Gasteiger partial charge on any atom is 0.310 e.